The number of H-pyrrole nitrogens is 1. The Hall–Kier alpha value is -3.29. The second-order valence-corrected chi connectivity index (χ2v) is 5.29. The van der Waals surface area contributed by atoms with Crippen LogP contribution in [0.1, 0.15) is 12.6 Å². The Labute approximate surface area is 136 Å². The summed E-state index contributed by atoms with van der Waals surface area (Å²) < 4.78 is 14.8. The second-order valence-electron chi connectivity index (χ2n) is 5.29. The number of hydrogen-bond acceptors (Lipinski definition) is 5. The Morgan fingerprint density at radius 2 is 2.00 bits per heavy atom. The standard InChI is InChI=1S/C16H14FN7/c1-2-11-12(9-3-5-10(17)6-4-9)16-22-21-13(14(18)24(16)23-11)15-19-7-8-20-15/h3-8H,2,18H2,1H3,(H,19,20). The van der Waals surface area contributed by atoms with Crippen molar-refractivity contribution < 1.29 is 4.39 Å². The van der Waals surface area contributed by atoms with Gasteiger partial charge in [0, 0.05) is 12.4 Å². The van der Waals surface area contributed by atoms with Gasteiger partial charge in [0.15, 0.2) is 23.0 Å². The molecule has 3 N–H and O–H groups in total. The number of nitrogens with two attached hydrogens (primary N) is 1. The molecule has 3 aromatic heterocycles. The molecule has 3 heterocycles. The maximum absolute atomic E-state index is 13.2. The Balaban J connectivity index is 1.98. The number of nitrogens with zero attached hydrogens (tertiary/aromatic N) is 5. The van der Waals surface area contributed by atoms with Crippen LogP contribution in [0.15, 0.2) is 36.7 Å². The monoisotopic (exact) mass is 323 g/mol. The van der Waals surface area contributed by atoms with Crippen molar-refractivity contribution in [3.8, 4) is 22.6 Å². The number of nitrogen functional groups attached to an aromatic ring is 1. The molecule has 120 valence electrons. The van der Waals surface area contributed by atoms with Crippen LogP contribution in [0.25, 0.3) is 28.3 Å². The number of hydrogen-bond donors (Lipinski definition) is 2. The molecular weight excluding hydrogens is 309 g/mol. The molecule has 0 aliphatic carbocycles. The number of aromatic nitrogens is 6. The van der Waals surface area contributed by atoms with E-state index in [4.69, 9.17) is 5.73 Å². The lowest BCUT2D eigenvalue weighted by molar-refractivity contribution is 0.628. The van der Waals surface area contributed by atoms with Gasteiger partial charge in [-0.2, -0.15) is 9.61 Å². The number of halogens is 1. The third-order valence-electron chi connectivity index (χ3n) is 3.84. The zero-order chi connectivity index (χ0) is 16.7. The van der Waals surface area contributed by atoms with Crippen molar-refractivity contribution in [3.63, 3.8) is 0 Å². The normalized spacial score (nSPS) is 11.2. The minimum Gasteiger partial charge on any atom is -0.382 e. The number of imidazole rings is 1. The molecule has 0 radical (unpaired) electrons. The van der Waals surface area contributed by atoms with E-state index >= 15 is 0 Å². The van der Waals surface area contributed by atoms with Crippen LogP contribution in [0.5, 0.6) is 0 Å². The molecule has 0 amide bonds. The molecule has 4 aromatic rings. The molecule has 0 spiro atoms. The number of aryl methyl sites for hydroxylation is 1. The van der Waals surface area contributed by atoms with Gasteiger partial charge in [0.25, 0.3) is 0 Å². The van der Waals surface area contributed by atoms with Gasteiger partial charge in [-0.05, 0) is 24.1 Å². The third kappa shape index (κ3) is 2.11. The molecule has 1 aromatic carbocycles. The highest BCUT2D eigenvalue weighted by atomic mass is 19.1. The zero-order valence-electron chi connectivity index (χ0n) is 12.9. The van der Waals surface area contributed by atoms with E-state index in [1.807, 2.05) is 6.92 Å². The van der Waals surface area contributed by atoms with Crippen molar-refractivity contribution >= 4 is 11.5 Å². The van der Waals surface area contributed by atoms with Gasteiger partial charge in [0.1, 0.15) is 5.82 Å². The third-order valence-corrected chi connectivity index (χ3v) is 3.84. The van der Waals surface area contributed by atoms with Crippen molar-refractivity contribution in [2.75, 3.05) is 5.73 Å². The first-order chi connectivity index (χ1) is 11.7. The Morgan fingerprint density at radius 3 is 2.67 bits per heavy atom. The number of benzene rings is 1. The second kappa shape index (κ2) is 5.41. The van der Waals surface area contributed by atoms with Crippen molar-refractivity contribution in [3.05, 3.63) is 48.2 Å². The van der Waals surface area contributed by atoms with Crippen LogP contribution in [0.2, 0.25) is 0 Å². The van der Waals surface area contributed by atoms with E-state index in [1.54, 1.807) is 29.0 Å². The lowest BCUT2D eigenvalue weighted by atomic mass is 10.0. The molecule has 0 fully saturated rings. The summed E-state index contributed by atoms with van der Waals surface area (Å²) in [5.41, 5.74) is 9.64. The summed E-state index contributed by atoms with van der Waals surface area (Å²) in [4.78, 5) is 7.11. The van der Waals surface area contributed by atoms with Crippen LogP contribution in [0.4, 0.5) is 10.2 Å². The van der Waals surface area contributed by atoms with Gasteiger partial charge in [-0.1, -0.05) is 19.1 Å². The first kappa shape index (κ1) is 14.3. The van der Waals surface area contributed by atoms with Crippen LogP contribution in [0, 0.1) is 5.82 Å². The van der Waals surface area contributed by atoms with Gasteiger partial charge in [-0.3, -0.25) is 0 Å². The van der Waals surface area contributed by atoms with E-state index in [2.05, 4.69) is 25.3 Å². The van der Waals surface area contributed by atoms with Crippen LogP contribution in [-0.2, 0) is 6.42 Å². The highest BCUT2D eigenvalue weighted by Gasteiger charge is 2.20. The molecule has 0 saturated carbocycles. The van der Waals surface area contributed by atoms with Crippen molar-refractivity contribution in [2.45, 2.75) is 13.3 Å². The van der Waals surface area contributed by atoms with Gasteiger partial charge in [0.2, 0.25) is 0 Å². The SMILES string of the molecule is CCc1nn2c(N)c(-c3ncc[nH]3)nnc2c1-c1ccc(F)cc1. The minimum absolute atomic E-state index is 0.293. The average molecular weight is 323 g/mol. The van der Waals surface area contributed by atoms with Crippen molar-refractivity contribution in [1.29, 1.82) is 0 Å². The van der Waals surface area contributed by atoms with Crippen LogP contribution in [-0.4, -0.2) is 29.8 Å². The Kier molecular flexibility index (Phi) is 3.23. The van der Waals surface area contributed by atoms with E-state index in [1.165, 1.54) is 12.1 Å². The highest BCUT2D eigenvalue weighted by Crippen LogP contribution is 2.30. The number of aromatic amines is 1. The summed E-state index contributed by atoms with van der Waals surface area (Å²) in [7, 11) is 0. The van der Waals surface area contributed by atoms with E-state index in [-0.39, 0.29) is 5.82 Å². The first-order valence-corrected chi connectivity index (χ1v) is 7.48. The topological polar surface area (TPSA) is 97.8 Å². The fourth-order valence-corrected chi connectivity index (χ4v) is 2.69. The van der Waals surface area contributed by atoms with Crippen LogP contribution < -0.4 is 5.73 Å². The summed E-state index contributed by atoms with van der Waals surface area (Å²) >= 11 is 0. The van der Waals surface area contributed by atoms with Gasteiger partial charge in [-0.25, -0.2) is 9.37 Å². The number of fused-ring (bicyclic) bond motifs is 1. The molecule has 7 nitrogen and oxygen atoms in total. The predicted molar refractivity (Wildman–Crippen MR) is 87.5 cm³/mol. The highest BCUT2D eigenvalue weighted by molar-refractivity contribution is 5.81. The van der Waals surface area contributed by atoms with Gasteiger partial charge < -0.3 is 10.7 Å². The largest absolute Gasteiger partial charge is 0.382 e. The van der Waals surface area contributed by atoms with Crippen molar-refractivity contribution in [1.82, 2.24) is 29.8 Å². The van der Waals surface area contributed by atoms with E-state index in [9.17, 15) is 4.39 Å². The summed E-state index contributed by atoms with van der Waals surface area (Å²) in [6, 6.07) is 6.21. The molecule has 0 bridgehead atoms. The zero-order valence-corrected chi connectivity index (χ0v) is 12.9. The van der Waals surface area contributed by atoms with E-state index < -0.39 is 0 Å². The molecule has 0 aliphatic heterocycles. The summed E-state index contributed by atoms with van der Waals surface area (Å²) in [5.74, 6) is 0.579. The molecule has 4 rings (SSSR count). The number of rotatable bonds is 3. The smallest absolute Gasteiger partial charge is 0.187 e. The Bertz CT molecular complexity index is 1000. The van der Waals surface area contributed by atoms with Gasteiger partial charge in [-0.15, -0.1) is 10.2 Å². The first-order valence-electron chi connectivity index (χ1n) is 7.48. The molecule has 8 heteroatoms. The lowest BCUT2D eigenvalue weighted by Crippen LogP contribution is -2.06. The molecule has 0 atom stereocenters. The number of nitrogens with one attached hydrogen (secondary N) is 1. The summed E-state index contributed by atoms with van der Waals surface area (Å²) in [6.45, 7) is 1.99. The quantitative estimate of drug-likeness (QED) is 0.603. The maximum Gasteiger partial charge on any atom is 0.187 e. The lowest BCUT2D eigenvalue weighted by Gasteiger charge is -2.04. The van der Waals surface area contributed by atoms with Crippen LogP contribution >= 0.6 is 0 Å². The van der Waals surface area contributed by atoms with Gasteiger partial charge in [0.05, 0.1) is 11.3 Å². The van der Waals surface area contributed by atoms with E-state index in [0.29, 0.717) is 29.4 Å². The molecule has 24 heavy (non-hydrogen) atoms. The number of anilines is 1. The average Bonchev–Trinajstić information content (AvgIpc) is 3.23. The molecular formula is C16H14FN7. The maximum atomic E-state index is 13.2. The summed E-state index contributed by atoms with van der Waals surface area (Å²) in [5, 5.41) is 13.0. The van der Waals surface area contributed by atoms with Crippen LogP contribution in [0.3, 0.4) is 0 Å². The molecule has 0 unspecified atom stereocenters. The fraction of sp³-hybridized carbons (Fsp3) is 0.125. The fourth-order valence-electron chi connectivity index (χ4n) is 2.69. The van der Waals surface area contributed by atoms with E-state index in [0.717, 1.165) is 16.8 Å². The minimum atomic E-state index is -0.293. The van der Waals surface area contributed by atoms with Gasteiger partial charge >= 0.3 is 0 Å². The predicted octanol–water partition coefficient (Wildman–Crippen LogP) is 2.47. The Morgan fingerprint density at radius 1 is 1.21 bits per heavy atom. The summed E-state index contributed by atoms with van der Waals surface area (Å²) in [6.07, 6.45) is 3.99. The molecule has 0 saturated heterocycles. The van der Waals surface area contributed by atoms with Crippen molar-refractivity contribution in [2.24, 2.45) is 0 Å². The molecule has 0 aliphatic rings.